The van der Waals surface area contributed by atoms with Gasteiger partial charge in [-0.2, -0.15) is 5.26 Å². The summed E-state index contributed by atoms with van der Waals surface area (Å²) in [6.07, 6.45) is 0.797. The van der Waals surface area contributed by atoms with Crippen molar-refractivity contribution in [1.82, 2.24) is 14.5 Å². The molecule has 0 amide bonds. The van der Waals surface area contributed by atoms with E-state index in [0.717, 1.165) is 28.8 Å². The van der Waals surface area contributed by atoms with Gasteiger partial charge in [-0.15, -0.1) is 0 Å². The van der Waals surface area contributed by atoms with Crippen molar-refractivity contribution in [3.8, 4) is 17.3 Å². The molecule has 0 radical (unpaired) electrons. The SMILES string of the molecule is CCc1c(N(C)c2nc(-c3ccc(F)cc3)c(C#N)s2)c2nc(Cl)ccc2n1C. The van der Waals surface area contributed by atoms with Gasteiger partial charge < -0.3 is 9.47 Å². The molecule has 0 saturated carbocycles. The maximum Gasteiger partial charge on any atom is 0.191 e. The summed E-state index contributed by atoms with van der Waals surface area (Å²) in [5.41, 5.74) is 5.02. The topological polar surface area (TPSA) is 57.7 Å². The summed E-state index contributed by atoms with van der Waals surface area (Å²) < 4.78 is 15.4. The zero-order chi connectivity index (χ0) is 20.7. The minimum absolute atomic E-state index is 0.328. The van der Waals surface area contributed by atoms with Gasteiger partial charge in [-0.1, -0.05) is 29.9 Å². The number of pyridine rings is 1. The van der Waals surface area contributed by atoms with Gasteiger partial charge in [-0.25, -0.2) is 14.4 Å². The summed E-state index contributed by atoms with van der Waals surface area (Å²) in [7, 11) is 3.91. The summed E-state index contributed by atoms with van der Waals surface area (Å²) in [4.78, 5) is 11.7. The Morgan fingerprint density at radius 3 is 2.59 bits per heavy atom. The number of thiazole rings is 1. The van der Waals surface area contributed by atoms with Crippen molar-refractivity contribution in [3.63, 3.8) is 0 Å². The van der Waals surface area contributed by atoms with Crippen LogP contribution in [0.2, 0.25) is 5.15 Å². The van der Waals surface area contributed by atoms with E-state index in [-0.39, 0.29) is 5.82 Å². The van der Waals surface area contributed by atoms with Crippen LogP contribution in [0.5, 0.6) is 0 Å². The Bertz CT molecular complexity index is 1250. The predicted octanol–water partition coefficient (Wildman–Crippen LogP) is 5.69. The van der Waals surface area contributed by atoms with E-state index < -0.39 is 0 Å². The number of hydrogen-bond acceptors (Lipinski definition) is 5. The summed E-state index contributed by atoms with van der Waals surface area (Å²) in [5.74, 6) is -0.328. The maximum absolute atomic E-state index is 13.3. The highest BCUT2D eigenvalue weighted by Gasteiger charge is 2.23. The number of rotatable bonds is 4. The number of fused-ring (bicyclic) bond motifs is 1. The van der Waals surface area contributed by atoms with Gasteiger partial charge in [-0.3, -0.25) is 0 Å². The third-order valence-electron chi connectivity index (χ3n) is 4.90. The zero-order valence-electron chi connectivity index (χ0n) is 16.1. The molecule has 3 heterocycles. The Morgan fingerprint density at radius 2 is 1.93 bits per heavy atom. The van der Waals surface area contributed by atoms with Crippen molar-refractivity contribution >= 4 is 44.8 Å². The normalized spacial score (nSPS) is 11.0. The molecular formula is C21H17ClFN5S. The maximum atomic E-state index is 13.3. The highest BCUT2D eigenvalue weighted by atomic mass is 35.5. The van der Waals surface area contributed by atoms with Gasteiger partial charge in [0.15, 0.2) is 5.13 Å². The van der Waals surface area contributed by atoms with Crippen LogP contribution in [-0.4, -0.2) is 21.6 Å². The predicted molar refractivity (Wildman–Crippen MR) is 115 cm³/mol. The first-order valence-corrected chi connectivity index (χ1v) is 10.2. The first kappa shape index (κ1) is 19.4. The highest BCUT2D eigenvalue weighted by Crippen LogP contribution is 2.40. The number of aryl methyl sites for hydroxylation is 1. The average molecular weight is 426 g/mol. The van der Waals surface area contributed by atoms with E-state index in [1.807, 2.05) is 25.1 Å². The zero-order valence-corrected chi connectivity index (χ0v) is 17.6. The number of nitriles is 1. The summed E-state index contributed by atoms with van der Waals surface area (Å²) in [5, 5.41) is 10.7. The number of nitrogens with zero attached hydrogens (tertiary/aromatic N) is 5. The lowest BCUT2D eigenvalue weighted by Crippen LogP contribution is -2.12. The molecule has 0 N–H and O–H groups in total. The van der Waals surface area contributed by atoms with Crippen molar-refractivity contribution in [2.45, 2.75) is 13.3 Å². The summed E-state index contributed by atoms with van der Waals surface area (Å²) in [6.45, 7) is 2.08. The fourth-order valence-corrected chi connectivity index (χ4v) is 4.50. The molecule has 8 heteroatoms. The van der Waals surface area contributed by atoms with Crippen LogP contribution in [0, 0.1) is 17.1 Å². The van der Waals surface area contributed by atoms with E-state index in [2.05, 4.69) is 22.5 Å². The number of halogens is 2. The van der Waals surface area contributed by atoms with Crippen LogP contribution >= 0.6 is 22.9 Å². The molecule has 0 spiro atoms. The summed E-state index contributed by atoms with van der Waals surface area (Å²) >= 11 is 7.46. The Morgan fingerprint density at radius 1 is 1.21 bits per heavy atom. The second-order valence-electron chi connectivity index (χ2n) is 6.56. The van der Waals surface area contributed by atoms with Crippen molar-refractivity contribution in [1.29, 1.82) is 5.26 Å². The van der Waals surface area contributed by atoms with Crippen molar-refractivity contribution in [2.75, 3.05) is 11.9 Å². The molecular weight excluding hydrogens is 409 g/mol. The molecule has 0 unspecified atom stereocenters. The molecule has 5 nitrogen and oxygen atoms in total. The van der Waals surface area contributed by atoms with Crippen LogP contribution in [0.3, 0.4) is 0 Å². The number of benzene rings is 1. The van der Waals surface area contributed by atoms with E-state index >= 15 is 0 Å². The van der Waals surface area contributed by atoms with Crippen LogP contribution in [0.15, 0.2) is 36.4 Å². The Hall–Kier alpha value is -2.95. The van der Waals surface area contributed by atoms with E-state index in [4.69, 9.17) is 16.6 Å². The molecule has 146 valence electrons. The molecule has 3 aromatic heterocycles. The van der Waals surface area contributed by atoms with Crippen LogP contribution < -0.4 is 4.90 Å². The molecule has 0 aliphatic heterocycles. The Labute approximate surface area is 176 Å². The number of aromatic nitrogens is 3. The quantitative estimate of drug-likeness (QED) is 0.394. The third-order valence-corrected chi connectivity index (χ3v) is 6.14. The molecule has 0 atom stereocenters. The Kier molecular flexibility index (Phi) is 4.99. The fourth-order valence-electron chi connectivity index (χ4n) is 3.50. The number of anilines is 2. The van der Waals surface area contributed by atoms with E-state index in [1.54, 1.807) is 18.2 Å². The van der Waals surface area contributed by atoms with Gasteiger partial charge in [-0.05, 0) is 42.8 Å². The van der Waals surface area contributed by atoms with Crippen molar-refractivity contribution in [3.05, 3.63) is 57.9 Å². The van der Waals surface area contributed by atoms with Gasteiger partial charge in [0.2, 0.25) is 0 Å². The molecule has 0 saturated heterocycles. The van der Waals surface area contributed by atoms with E-state index in [0.29, 0.717) is 26.4 Å². The van der Waals surface area contributed by atoms with Gasteiger partial charge >= 0.3 is 0 Å². The fraction of sp³-hybridized carbons (Fsp3) is 0.190. The van der Waals surface area contributed by atoms with Gasteiger partial charge in [0.05, 0.1) is 11.2 Å². The minimum Gasteiger partial charge on any atom is -0.344 e. The second-order valence-corrected chi connectivity index (χ2v) is 7.93. The second kappa shape index (κ2) is 7.47. The molecule has 0 fully saturated rings. The van der Waals surface area contributed by atoms with E-state index in [1.165, 1.54) is 23.5 Å². The molecule has 0 aliphatic rings. The smallest absolute Gasteiger partial charge is 0.191 e. The number of hydrogen-bond donors (Lipinski definition) is 0. The van der Waals surface area contributed by atoms with Crippen LogP contribution in [0.4, 0.5) is 15.2 Å². The van der Waals surface area contributed by atoms with Crippen molar-refractivity contribution < 1.29 is 4.39 Å². The molecule has 0 bridgehead atoms. The van der Waals surface area contributed by atoms with Crippen molar-refractivity contribution in [2.24, 2.45) is 7.05 Å². The van der Waals surface area contributed by atoms with Gasteiger partial charge in [0.25, 0.3) is 0 Å². The minimum atomic E-state index is -0.328. The standard InChI is InChI=1S/C21H17ClFN5S/c1-4-14-20(19-15(27(14)2)9-10-17(22)25-19)28(3)21-26-18(16(11-24)29-21)12-5-7-13(23)8-6-12/h5-10H,4H2,1-3H3. The summed E-state index contributed by atoms with van der Waals surface area (Å²) in [6, 6.07) is 11.9. The largest absolute Gasteiger partial charge is 0.344 e. The molecule has 0 aliphatic carbocycles. The molecule has 4 rings (SSSR count). The lowest BCUT2D eigenvalue weighted by atomic mass is 10.1. The van der Waals surface area contributed by atoms with Gasteiger partial charge in [0, 0.05) is 25.4 Å². The van der Waals surface area contributed by atoms with Gasteiger partial charge in [0.1, 0.15) is 33.1 Å². The highest BCUT2D eigenvalue weighted by molar-refractivity contribution is 7.16. The third kappa shape index (κ3) is 3.24. The lowest BCUT2D eigenvalue weighted by Gasteiger charge is -2.17. The Balaban J connectivity index is 1.88. The lowest BCUT2D eigenvalue weighted by molar-refractivity contribution is 0.628. The molecule has 1 aromatic carbocycles. The first-order valence-electron chi connectivity index (χ1n) is 8.99. The monoisotopic (exact) mass is 425 g/mol. The van der Waals surface area contributed by atoms with Crippen LogP contribution in [0.25, 0.3) is 22.3 Å². The molecule has 4 aromatic rings. The first-order chi connectivity index (χ1) is 13.9. The van der Waals surface area contributed by atoms with Crippen LogP contribution in [0.1, 0.15) is 17.5 Å². The molecule has 29 heavy (non-hydrogen) atoms. The average Bonchev–Trinajstić information content (AvgIpc) is 3.27. The van der Waals surface area contributed by atoms with Crippen LogP contribution in [-0.2, 0) is 13.5 Å². The van der Waals surface area contributed by atoms with E-state index in [9.17, 15) is 9.65 Å².